The van der Waals surface area contributed by atoms with Gasteiger partial charge in [0.15, 0.2) is 22.5 Å². The van der Waals surface area contributed by atoms with E-state index in [1.807, 2.05) is 0 Å². The Morgan fingerprint density at radius 2 is 2.32 bits per heavy atom. The van der Waals surface area contributed by atoms with Crippen LogP contribution in [0, 0.1) is 0 Å². The second kappa shape index (κ2) is 4.40. The summed E-state index contributed by atoms with van der Waals surface area (Å²) < 4.78 is 9.88. The van der Waals surface area contributed by atoms with Crippen LogP contribution in [0.5, 0.6) is 0 Å². The van der Waals surface area contributed by atoms with Crippen molar-refractivity contribution in [3.05, 3.63) is 35.2 Å². The van der Waals surface area contributed by atoms with Crippen molar-refractivity contribution in [2.24, 2.45) is 0 Å². The van der Waals surface area contributed by atoms with E-state index in [2.05, 4.69) is 19.7 Å². The summed E-state index contributed by atoms with van der Waals surface area (Å²) in [6.45, 7) is 0. The molecule has 96 valence electrons. The molecule has 0 atom stereocenters. The fraction of sp³-hybridized carbons (Fsp3) is 0.0833. The molecule has 0 aliphatic carbocycles. The molecule has 19 heavy (non-hydrogen) atoms. The van der Waals surface area contributed by atoms with Gasteiger partial charge in [-0.2, -0.15) is 0 Å². The summed E-state index contributed by atoms with van der Waals surface area (Å²) in [6, 6.07) is 4.94. The fourth-order valence-corrected chi connectivity index (χ4v) is 1.83. The van der Waals surface area contributed by atoms with Crippen LogP contribution < -0.4 is 0 Å². The molecular formula is C12H8ClN3O3. The summed E-state index contributed by atoms with van der Waals surface area (Å²) in [5.41, 5.74) is 1.45. The molecule has 1 N–H and O–H groups in total. The highest BCUT2D eigenvalue weighted by Crippen LogP contribution is 2.24. The highest BCUT2D eigenvalue weighted by molar-refractivity contribution is 6.28. The monoisotopic (exact) mass is 277 g/mol. The van der Waals surface area contributed by atoms with Gasteiger partial charge in [0.25, 0.3) is 0 Å². The molecule has 0 bridgehead atoms. The van der Waals surface area contributed by atoms with E-state index >= 15 is 0 Å². The molecule has 0 aliphatic rings. The van der Waals surface area contributed by atoms with E-state index in [9.17, 15) is 4.79 Å². The Morgan fingerprint density at radius 1 is 1.47 bits per heavy atom. The topological polar surface area (TPSA) is 81.0 Å². The Bertz CT molecular complexity index is 763. The zero-order chi connectivity index (χ0) is 13.4. The third-order valence-electron chi connectivity index (χ3n) is 2.57. The van der Waals surface area contributed by atoms with Crippen molar-refractivity contribution in [2.75, 3.05) is 7.11 Å². The number of methoxy groups -OCH3 is 1. The highest BCUT2D eigenvalue weighted by Gasteiger charge is 2.12. The number of aromatic amines is 1. The summed E-state index contributed by atoms with van der Waals surface area (Å²) in [7, 11) is 1.32. The molecule has 0 fully saturated rings. The number of hydrogen-bond acceptors (Lipinski definition) is 5. The van der Waals surface area contributed by atoms with Gasteiger partial charge in [-0.1, -0.05) is 0 Å². The smallest absolute Gasteiger partial charge is 0.339 e. The highest BCUT2D eigenvalue weighted by atomic mass is 35.5. The standard InChI is InChI=1S/C12H8ClN3O3/c1-18-12(17)6-4-7-10(14-5-6)16-11(15-7)8-2-3-9(13)19-8/h2-5H,1H3,(H,14,15,16). The minimum atomic E-state index is -0.452. The number of carbonyl (C=O) groups is 1. The lowest BCUT2D eigenvalue weighted by Gasteiger charge is -1.96. The molecule has 3 heterocycles. The molecule has 0 saturated heterocycles. The maximum atomic E-state index is 11.4. The molecule has 3 aromatic heterocycles. The second-order valence-corrected chi connectivity index (χ2v) is 4.15. The number of aromatic nitrogens is 3. The van der Waals surface area contributed by atoms with Crippen LogP contribution >= 0.6 is 11.6 Å². The quantitative estimate of drug-likeness (QED) is 0.728. The van der Waals surface area contributed by atoms with E-state index in [4.69, 9.17) is 16.0 Å². The first-order valence-electron chi connectivity index (χ1n) is 5.37. The van der Waals surface area contributed by atoms with E-state index in [0.717, 1.165) is 0 Å². The predicted molar refractivity (Wildman–Crippen MR) is 67.9 cm³/mol. The largest absolute Gasteiger partial charge is 0.465 e. The van der Waals surface area contributed by atoms with Crippen LogP contribution in [0.4, 0.5) is 0 Å². The molecule has 3 rings (SSSR count). The number of ether oxygens (including phenoxy) is 1. The molecular weight excluding hydrogens is 270 g/mol. The number of fused-ring (bicyclic) bond motifs is 1. The van der Waals surface area contributed by atoms with E-state index in [1.165, 1.54) is 13.3 Å². The third-order valence-corrected chi connectivity index (χ3v) is 2.77. The number of nitrogens with zero attached hydrogens (tertiary/aromatic N) is 2. The second-order valence-electron chi connectivity index (χ2n) is 3.78. The fourth-order valence-electron chi connectivity index (χ4n) is 1.69. The number of pyridine rings is 1. The van der Waals surface area contributed by atoms with Crippen LogP contribution in [-0.4, -0.2) is 28.0 Å². The number of rotatable bonds is 2. The number of esters is 1. The predicted octanol–water partition coefficient (Wildman–Crippen LogP) is 2.66. The number of furan rings is 1. The van der Waals surface area contributed by atoms with E-state index < -0.39 is 5.97 Å². The Kier molecular flexibility index (Phi) is 2.72. The number of H-pyrrole nitrogens is 1. The van der Waals surface area contributed by atoms with Crippen molar-refractivity contribution in [3.63, 3.8) is 0 Å². The lowest BCUT2D eigenvalue weighted by atomic mass is 10.3. The summed E-state index contributed by atoms with van der Waals surface area (Å²) in [5.74, 6) is 0.547. The van der Waals surface area contributed by atoms with E-state index in [0.29, 0.717) is 28.3 Å². The molecule has 0 saturated carbocycles. The maximum Gasteiger partial charge on any atom is 0.339 e. The lowest BCUT2D eigenvalue weighted by molar-refractivity contribution is 0.0600. The van der Waals surface area contributed by atoms with Gasteiger partial charge in [-0.3, -0.25) is 0 Å². The summed E-state index contributed by atoms with van der Waals surface area (Å²) in [5, 5.41) is 0.277. The minimum Gasteiger partial charge on any atom is -0.465 e. The molecule has 6 nitrogen and oxygen atoms in total. The average molecular weight is 278 g/mol. The van der Waals surface area contributed by atoms with Gasteiger partial charge in [0.2, 0.25) is 0 Å². The minimum absolute atomic E-state index is 0.277. The van der Waals surface area contributed by atoms with Crippen molar-refractivity contribution in [3.8, 4) is 11.6 Å². The molecule has 0 radical (unpaired) electrons. The van der Waals surface area contributed by atoms with Crippen molar-refractivity contribution >= 4 is 28.7 Å². The van der Waals surface area contributed by atoms with Gasteiger partial charge in [0.05, 0.1) is 18.2 Å². The lowest BCUT2D eigenvalue weighted by Crippen LogP contribution is -2.01. The Labute approximate surface area is 112 Å². The van der Waals surface area contributed by atoms with Crippen LogP contribution in [0.2, 0.25) is 5.22 Å². The van der Waals surface area contributed by atoms with Crippen molar-refractivity contribution in [1.82, 2.24) is 15.0 Å². The zero-order valence-electron chi connectivity index (χ0n) is 9.81. The molecule has 3 aromatic rings. The Hall–Kier alpha value is -2.34. The normalized spacial score (nSPS) is 10.8. The van der Waals surface area contributed by atoms with Crippen molar-refractivity contribution < 1.29 is 13.9 Å². The summed E-state index contributed by atoms with van der Waals surface area (Å²) in [4.78, 5) is 22.8. The van der Waals surface area contributed by atoms with Crippen molar-refractivity contribution in [1.29, 1.82) is 0 Å². The van der Waals surface area contributed by atoms with E-state index in [1.54, 1.807) is 18.2 Å². The molecule has 0 unspecified atom stereocenters. The van der Waals surface area contributed by atoms with Gasteiger partial charge >= 0.3 is 5.97 Å². The first-order valence-corrected chi connectivity index (χ1v) is 5.75. The molecule has 0 aliphatic heterocycles. The van der Waals surface area contributed by atoms with Crippen LogP contribution in [-0.2, 0) is 4.74 Å². The van der Waals surface area contributed by atoms with Crippen molar-refractivity contribution in [2.45, 2.75) is 0 Å². The van der Waals surface area contributed by atoms with Crippen LogP contribution in [0.15, 0.2) is 28.8 Å². The molecule has 0 aromatic carbocycles. The number of carbonyl (C=O) groups excluding carboxylic acids is 1. The first-order chi connectivity index (χ1) is 9.17. The maximum absolute atomic E-state index is 11.4. The zero-order valence-corrected chi connectivity index (χ0v) is 10.6. The van der Waals surface area contributed by atoms with Gasteiger partial charge in [-0.15, -0.1) is 0 Å². The van der Waals surface area contributed by atoms with Crippen LogP contribution in [0.25, 0.3) is 22.7 Å². The number of imidazole rings is 1. The number of halogens is 1. The van der Waals surface area contributed by atoms with Gasteiger partial charge in [-0.05, 0) is 29.8 Å². The van der Waals surface area contributed by atoms with Crippen LogP contribution in [0.3, 0.4) is 0 Å². The molecule has 7 heteroatoms. The summed E-state index contributed by atoms with van der Waals surface area (Å²) in [6.07, 6.45) is 1.41. The molecule has 0 amide bonds. The summed E-state index contributed by atoms with van der Waals surface area (Å²) >= 11 is 5.71. The Balaban J connectivity index is 2.08. The van der Waals surface area contributed by atoms with E-state index in [-0.39, 0.29) is 5.22 Å². The first kappa shape index (κ1) is 11.7. The van der Waals surface area contributed by atoms with Gasteiger partial charge in [-0.25, -0.2) is 14.8 Å². The number of hydrogen-bond donors (Lipinski definition) is 1. The SMILES string of the molecule is COC(=O)c1cnc2nc(-c3ccc(Cl)o3)[nH]c2c1. The average Bonchev–Trinajstić information content (AvgIpc) is 3.02. The van der Waals surface area contributed by atoms with Gasteiger partial charge in [0.1, 0.15) is 0 Å². The van der Waals surface area contributed by atoms with Crippen LogP contribution in [0.1, 0.15) is 10.4 Å². The van der Waals surface area contributed by atoms with Gasteiger partial charge < -0.3 is 14.1 Å². The third kappa shape index (κ3) is 2.06. The van der Waals surface area contributed by atoms with Gasteiger partial charge in [0, 0.05) is 6.20 Å². The molecule has 0 spiro atoms. The Morgan fingerprint density at radius 3 is 3.00 bits per heavy atom. The number of nitrogens with one attached hydrogen (secondary N) is 1.